The Hall–Kier alpha value is -4.47. The molecule has 0 saturated carbocycles. The molecule has 0 fully saturated rings. The number of amides is 1. The summed E-state index contributed by atoms with van der Waals surface area (Å²) >= 11 is 0. The first-order chi connectivity index (χ1) is 16.9. The lowest BCUT2D eigenvalue weighted by atomic mass is 10.1. The van der Waals surface area contributed by atoms with Gasteiger partial charge in [-0.3, -0.25) is 4.79 Å². The van der Waals surface area contributed by atoms with Gasteiger partial charge in [0, 0.05) is 35.3 Å². The lowest BCUT2D eigenvalue weighted by molar-refractivity contribution is 0.0932. The van der Waals surface area contributed by atoms with Gasteiger partial charge in [-0.25, -0.2) is 18.9 Å². The summed E-state index contributed by atoms with van der Waals surface area (Å²) in [5.74, 6) is 0.0149. The summed E-state index contributed by atoms with van der Waals surface area (Å²) in [4.78, 5) is 21.7. The first-order valence-corrected chi connectivity index (χ1v) is 11.1. The minimum atomic E-state index is -0.471. The highest BCUT2D eigenvalue weighted by molar-refractivity contribution is 6.00. The Morgan fingerprint density at radius 1 is 1.23 bits per heavy atom. The number of hydrogen-bond acceptors (Lipinski definition) is 7. The molecule has 0 radical (unpaired) electrons. The number of halogens is 1. The Bertz CT molecular complexity index is 1430. The standard InChI is InChI=1S/C25H24FN7O2/c1-14(2)31-19-6-4-16(5-7-19)21-13-33-23-20(12-30-33)24(34)28-9-15(3)35-25-17(8-18(26)11-29-25)10-27-22(21)32-23/h4-8,11-13,15,31H,1,9-10H2,2-3H3,(H,27,32)(H,28,34)/t15-/m0/s1. The largest absolute Gasteiger partial charge is 0.473 e. The van der Waals surface area contributed by atoms with Crippen molar-refractivity contribution in [2.24, 2.45) is 0 Å². The molecule has 178 valence electrons. The van der Waals surface area contributed by atoms with Gasteiger partial charge in [0.05, 0.1) is 18.9 Å². The van der Waals surface area contributed by atoms with Crippen LogP contribution in [0.5, 0.6) is 5.88 Å². The minimum Gasteiger partial charge on any atom is -0.473 e. The second-order valence-corrected chi connectivity index (χ2v) is 8.42. The van der Waals surface area contributed by atoms with Gasteiger partial charge in [-0.1, -0.05) is 18.7 Å². The number of hydrogen-bond donors (Lipinski definition) is 3. The van der Waals surface area contributed by atoms with Crippen LogP contribution in [0, 0.1) is 5.82 Å². The topological polar surface area (TPSA) is 105 Å². The van der Waals surface area contributed by atoms with Crippen LogP contribution in [0.4, 0.5) is 15.9 Å². The predicted molar refractivity (Wildman–Crippen MR) is 131 cm³/mol. The molecule has 35 heavy (non-hydrogen) atoms. The molecule has 2 bridgehead atoms. The Kier molecular flexibility index (Phi) is 5.77. The maximum Gasteiger partial charge on any atom is 0.256 e. The molecule has 9 nitrogen and oxygen atoms in total. The molecule has 0 aliphatic carbocycles. The van der Waals surface area contributed by atoms with E-state index in [4.69, 9.17) is 9.72 Å². The van der Waals surface area contributed by atoms with Crippen LogP contribution < -0.4 is 20.7 Å². The van der Waals surface area contributed by atoms with E-state index in [0.29, 0.717) is 28.5 Å². The van der Waals surface area contributed by atoms with E-state index in [-0.39, 0.29) is 25.1 Å². The van der Waals surface area contributed by atoms with Gasteiger partial charge >= 0.3 is 0 Å². The molecule has 3 N–H and O–H groups in total. The molecule has 0 unspecified atom stereocenters. The van der Waals surface area contributed by atoms with E-state index in [1.807, 2.05) is 37.4 Å². The molecule has 5 rings (SSSR count). The summed E-state index contributed by atoms with van der Waals surface area (Å²) in [7, 11) is 0. The molecule has 3 aromatic heterocycles. The summed E-state index contributed by atoms with van der Waals surface area (Å²) < 4.78 is 21.5. The maximum absolute atomic E-state index is 14.0. The van der Waals surface area contributed by atoms with E-state index in [2.05, 4.69) is 32.6 Å². The van der Waals surface area contributed by atoms with Crippen molar-refractivity contribution in [1.29, 1.82) is 0 Å². The highest BCUT2D eigenvalue weighted by atomic mass is 19.1. The van der Waals surface area contributed by atoms with Crippen LogP contribution in [0.15, 0.2) is 61.2 Å². The van der Waals surface area contributed by atoms with Crippen molar-refractivity contribution in [3.05, 3.63) is 78.1 Å². The van der Waals surface area contributed by atoms with Crippen LogP contribution in [-0.4, -0.2) is 38.1 Å². The zero-order valence-corrected chi connectivity index (χ0v) is 19.3. The van der Waals surface area contributed by atoms with Crippen molar-refractivity contribution in [2.75, 3.05) is 17.2 Å². The van der Waals surface area contributed by atoms with Crippen LogP contribution in [0.25, 0.3) is 16.8 Å². The van der Waals surface area contributed by atoms with E-state index in [1.165, 1.54) is 12.3 Å². The van der Waals surface area contributed by atoms with Gasteiger partial charge < -0.3 is 20.7 Å². The van der Waals surface area contributed by atoms with E-state index in [1.54, 1.807) is 11.4 Å². The fraction of sp³-hybridized carbons (Fsp3) is 0.200. The number of allylic oxidation sites excluding steroid dienone is 1. The number of ether oxygens (including phenoxy) is 1. The Labute approximate surface area is 201 Å². The average molecular weight is 474 g/mol. The van der Waals surface area contributed by atoms with Crippen LogP contribution in [-0.2, 0) is 6.54 Å². The van der Waals surface area contributed by atoms with E-state index in [0.717, 1.165) is 28.7 Å². The number of rotatable bonds is 3. The summed E-state index contributed by atoms with van der Waals surface area (Å²) in [5, 5.41) is 13.6. The number of carbonyl (C=O) groups excluding carboxylic acids is 1. The van der Waals surface area contributed by atoms with Gasteiger partial charge in [0.15, 0.2) is 5.65 Å². The third-order valence-electron chi connectivity index (χ3n) is 5.49. The van der Waals surface area contributed by atoms with Crippen LogP contribution in [0.2, 0.25) is 0 Å². The fourth-order valence-electron chi connectivity index (χ4n) is 3.84. The molecule has 10 heteroatoms. The SMILES string of the molecule is C=C(C)Nc1ccc(-c2cn3ncc4c3nc2NCc2cc(F)cnc2O[C@@H](C)CNC4=O)cc1. The second-order valence-electron chi connectivity index (χ2n) is 8.42. The van der Waals surface area contributed by atoms with Crippen molar-refractivity contribution in [1.82, 2.24) is 24.9 Å². The minimum absolute atomic E-state index is 0.211. The Morgan fingerprint density at radius 2 is 2.03 bits per heavy atom. The van der Waals surface area contributed by atoms with Crippen LogP contribution >= 0.6 is 0 Å². The number of nitrogens with zero attached hydrogens (tertiary/aromatic N) is 4. The summed E-state index contributed by atoms with van der Waals surface area (Å²) in [6.07, 6.45) is 4.02. The van der Waals surface area contributed by atoms with Crippen molar-refractivity contribution in [3.63, 3.8) is 0 Å². The third-order valence-corrected chi connectivity index (χ3v) is 5.49. The zero-order valence-electron chi connectivity index (χ0n) is 19.3. The van der Waals surface area contributed by atoms with Crippen molar-refractivity contribution < 1.29 is 13.9 Å². The number of pyridine rings is 1. The van der Waals surface area contributed by atoms with Gasteiger partial charge in [0.1, 0.15) is 23.3 Å². The molecule has 1 atom stereocenters. The average Bonchev–Trinajstić information content (AvgIpc) is 3.25. The molecule has 4 heterocycles. The third kappa shape index (κ3) is 4.63. The van der Waals surface area contributed by atoms with Gasteiger partial charge in [0.2, 0.25) is 5.88 Å². The first kappa shape index (κ1) is 22.3. The smallest absolute Gasteiger partial charge is 0.256 e. The number of carbonyl (C=O) groups is 1. The molecule has 4 aromatic rings. The molecule has 0 spiro atoms. The number of benzene rings is 1. The molecule has 0 saturated heterocycles. The second kappa shape index (κ2) is 9.05. The Balaban J connectivity index is 1.61. The van der Waals surface area contributed by atoms with Gasteiger partial charge in [-0.2, -0.15) is 5.10 Å². The van der Waals surface area contributed by atoms with Gasteiger partial charge in [0.25, 0.3) is 5.91 Å². The molecular formula is C25H24FN7O2. The molecule has 1 aromatic carbocycles. The van der Waals surface area contributed by atoms with E-state index >= 15 is 0 Å². The number of aromatic nitrogens is 4. The fourth-order valence-corrected chi connectivity index (χ4v) is 3.84. The van der Waals surface area contributed by atoms with Crippen molar-refractivity contribution >= 4 is 23.1 Å². The van der Waals surface area contributed by atoms with E-state index in [9.17, 15) is 9.18 Å². The summed E-state index contributed by atoms with van der Waals surface area (Å²) in [5.41, 5.74) is 4.65. The van der Waals surface area contributed by atoms with Crippen molar-refractivity contribution in [3.8, 4) is 17.0 Å². The first-order valence-electron chi connectivity index (χ1n) is 11.1. The summed E-state index contributed by atoms with van der Waals surface area (Å²) in [6.45, 7) is 8.00. The van der Waals surface area contributed by atoms with Crippen molar-refractivity contribution in [2.45, 2.75) is 26.5 Å². The summed E-state index contributed by atoms with van der Waals surface area (Å²) in [6, 6.07) is 9.15. The quantitative estimate of drug-likeness (QED) is 0.413. The zero-order chi connectivity index (χ0) is 24.5. The molecule has 1 aliphatic heterocycles. The van der Waals surface area contributed by atoms with Crippen LogP contribution in [0.1, 0.15) is 29.8 Å². The Morgan fingerprint density at radius 3 is 2.80 bits per heavy atom. The van der Waals surface area contributed by atoms with E-state index < -0.39 is 5.82 Å². The highest BCUT2D eigenvalue weighted by Crippen LogP contribution is 2.30. The molecule has 1 amide bonds. The lowest BCUT2D eigenvalue weighted by Crippen LogP contribution is -2.33. The monoisotopic (exact) mass is 473 g/mol. The predicted octanol–water partition coefficient (Wildman–Crippen LogP) is 4.00. The lowest BCUT2D eigenvalue weighted by Gasteiger charge is -2.17. The molecular weight excluding hydrogens is 449 g/mol. The number of fused-ring (bicyclic) bond motifs is 2. The van der Waals surface area contributed by atoms with Crippen LogP contribution in [0.3, 0.4) is 0 Å². The maximum atomic E-state index is 14.0. The number of anilines is 2. The normalized spacial score (nSPS) is 15.6. The van der Waals surface area contributed by atoms with Gasteiger partial charge in [-0.05, 0) is 37.6 Å². The molecule has 1 aliphatic rings. The van der Waals surface area contributed by atoms with Gasteiger partial charge in [-0.15, -0.1) is 0 Å². The highest BCUT2D eigenvalue weighted by Gasteiger charge is 2.20. The number of nitrogens with one attached hydrogen (secondary N) is 3.